The maximum absolute atomic E-state index is 12.2. The van der Waals surface area contributed by atoms with Gasteiger partial charge in [0.1, 0.15) is 6.10 Å². The average molecular weight is 643 g/mol. The largest absolute Gasteiger partial charge is 0.457 e. The van der Waals surface area contributed by atoms with Gasteiger partial charge >= 0.3 is 5.97 Å². The summed E-state index contributed by atoms with van der Waals surface area (Å²) in [7, 11) is 0. The lowest BCUT2D eigenvalue weighted by Gasteiger charge is -2.15. The second-order valence-corrected chi connectivity index (χ2v) is 12.6. The Hall–Kier alpha value is -1.91. The summed E-state index contributed by atoms with van der Waals surface area (Å²) in [5, 5.41) is 9.56. The van der Waals surface area contributed by atoms with E-state index in [-0.39, 0.29) is 19.2 Å². The second kappa shape index (κ2) is 39.3. The lowest BCUT2D eigenvalue weighted by atomic mass is 10.0. The van der Waals surface area contributed by atoms with E-state index < -0.39 is 6.10 Å². The lowest BCUT2D eigenvalue weighted by Crippen LogP contribution is -2.27. The van der Waals surface area contributed by atoms with Gasteiger partial charge in [0.15, 0.2) is 0 Å². The molecule has 0 aromatic rings. The molecule has 46 heavy (non-hydrogen) atoms. The number of carbonyl (C=O) groups is 1. The normalized spacial score (nSPS) is 13.0. The summed E-state index contributed by atoms with van der Waals surface area (Å²) in [6.45, 7) is 5.03. The van der Waals surface area contributed by atoms with Crippen molar-refractivity contribution in [2.24, 2.45) is 0 Å². The first-order valence-electron chi connectivity index (χ1n) is 19.4. The first-order valence-corrected chi connectivity index (χ1v) is 19.4. The molecule has 1 unspecified atom stereocenters. The van der Waals surface area contributed by atoms with Crippen LogP contribution in [0.15, 0.2) is 60.8 Å². The molecule has 0 fully saturated rings. The number of aliphatic hydroxyl groups excluding tert-OH is 1. The van der Waals surface area contributed by atoms with Gasteiger partial charge in [-0.05, 0) is 44.9 Å². The Bertz CT molecular complexity index is 764. The average Bonchev–Trinajstić information content (AvgIpc) is 3.06. The van der Waals surface area contributed by atoms with Crippen molar-refractivity contribution in [2.45, 2.75) is 180 Å². The van der Waals surface area contributed by atoms with E-state index in [1.54, 1.807) is 0 Å². The van der Waals surface area contributed by atoms with Gasteiger partial charge in [-0.25, -0.2) is 0 Å². The highest BCUT2D eigenvalue weighted by atomic mass is 16.6. The molecule has 0 aliphatic heterocycles. The molecule has 0 radical (unpaired) electrons. The number of hydrogen-bond acceptors (Lipinski definition) is 4. The van der Waals surface area contributed by atoms with Gasteiger partial charge in [-0.1, -0.05) is 184 Å². The van der Waals surface area contributed by atoms with E-state index in [0.29, 0.717) is 13.0 Å². The number of aliphatic hydroxyl groups is 1. The van der Waals surface area contributed by atoms with Crippen LogP contribution in [-0.4, -0.2) is 37.0 Å². The molecule has 1 atom stereocenters. The Morgan fingerprint density at radius 3 is 1.35 bits per heavy atom. The molecular weight excluding hydrogens is 568 g/mol. The summed E-state index contributed by atoms with van der Waals surface area (Å²) in [6.07, 6.45) is 51.4. The summed E-state index contributed by atoms with van der Waals surface area (Å²) in [5.41, 5.74) is 0. The molecule has 266 valence electrons. The van der Waals surface area contributed by atoms with Gasteiger partial charge < -0.3 is 14.6 Å². The minimum atomic E-state index is -0.573. The SMILES string of the molecule is CC/C=C\C/C=C\C/C=C\C/C=C\C/C=C\CCOCC(CO)OC(=O)CCCCCCCCCCCCCCCCCCCC. The van der Waals surface area contributed by atoms with Crippen LogP contribution >= 0.6 is 0 Å². The zero-order chi connectivity index (χ0) is 33.4. The molecule has 1 N–H and O–H groups in total. The van der Waals surface area contributed by atoms with Gasteiger partial charge in [0.25, 0.3) is 0 Å². The quantitative estimate of drug-likeness (QED) is 0.0424. The third-order valence-electron chi connectivity index (χ3n) is 8.13. The zero-order valence-corrected chi connectivity index (χ0v) is 30.3. The number of allylic oxidation sites excluding steroid dienone is 9. The van der Waals surface area contributed by atoms with E-state index in [2.05, 4.69) is 74.6 Å². The summed E-state index contributed by atoms with van der Waals surface area (Å²) in [4.78, 5) is 12.2. The first-order chi connectivity index (χ1) is 22.7. The van der Waals surface area contributed by atoms with Gasteiger partial charge in [-0.2, -0.15) is 0 Å². The molecule has 0 heterocycles. The molecule has 0 spiro atoms. The Morgan fingerprint density at radius 1 is 0.543 bits per heavy atom. The summed E-state index contributed by atoms with van der Waals surface area (Å²) < 4.78 is 11.0. The number of esters is 1. The smallest absolute Gasteiger partial charge is 0.306 e. The Kier molecular flexibility index (Phi) is 37.6. The van der Waals surface area contributed by atoms with Crippen molar-refractivity contribution in [3.05, 3.63) is 60.8 Å². The van der Waals surface area contributed by atoms with Crippen molar-refractivity contribution in [3.63, 3.8) is 0 Å². The van der Waals surface area contributed by atoms with Crippen molar-refractivity contribution in [1.82, 2.24) is 0 Å². The summed E-state index contributed by atoms with van der Waals surface area (Å²) in [5.74, 6) is -0.225. The molecule has 4 nitrogen and oxygen atoms in total. The Morgan fingerprint density at radius 2 is 0.935 bits per heavy atom. The van der Waals surface area contributed by atoms with Crippen LogP contribution in [0.1, 0.15) is 174 Å². The van der Waals surface area contributed by atoms with Crippen molar-refractivity contribution in [3.8, 4) is 0 Å². The highest BCUT2D eigenvalue weighted by molar-refractivity contribution is 5.69. The fourth-order valence-electron chi connectivity index (χ4n) is 5.27. The molecular formula is C42H74O4. The van der Waals surface area contributed by atoms with Crippen molar-refractivity contribution in [2.75, 3.05) is 19.8 Å². The minimum Gasteiger partial charge on any atom is -0.457 e. The highest BCUT2D eigenvalue weighted by Crippen LogP contribution is 2.15. The van der Waals surface area contributed by atoms with Gasteiger partial charge in [-0.15, -0.1) is 0 Å². The van der Waals surface area contributed by atoms with Gasteiger partial charge in [0, 0.05) is 6.42 Å². The molecule has 0 rings (SSSR count). The van der Waals surface area contributed by atoms with Crippen LogP contribution in [0.3, 0.4) is 0 Å². The van der Waals surface area contributed by atoms with Crippen LogP contribution < -0.4 is 0 Å². The molecule has 0 amide bonds. The van der Waals surface area contributed by atoms with E-state index in [0.717, 1.165) is 51.4 Å². The van der Waals surface area contributed by atoms with Crippen LogP contribution in [0, 0.1) is 0 Å². The van der Waals surface area contributed by atoms with Crippen LogP contribution in [-0.2, 0) is 14.3 Å². The van der Waals surface area contributed by atoms with Crippen molar-refractivity contribution >= 4 is 5.97 Å². The number of ether oxygens (including phenoxy) is 2. The fourth-order valence-corrected chi connectivity index (χ4v) is 5.27. The highest BCUT2D eigenvalue weighted by Gasteiger charge is 2.13. The Balaban J connectivity index is 3.54. The number of rotatable bonds is 35. The van der Waals surface area contributed by atoms with E-state index in [1.165, 1.54) is 103 Å². The molecule has 0 bridgehead atoms. The van der Waals surface area contributed by atoms with Gasteiger partial charge in [0.2, 0.25) is 0 Å². The number of carbonyl (C=O) groups excluding carboxylic acids is 1. The topological polar surface area (TPSA) is 55.8 Å². The van der Waals surface area contributed by atoms with E-state index >= 15 is 0 Å². The third-order valence-corrected chi connectivity index (χ3v) is 8.13. The molecule has 0 aliphatic carbocycles. The van der Waals surface area contributed by atoms with Crippen molar-refractivity contribution in [1.29, 1.82) is 0 Å². The third kappa shape index (κ3) is 36.6. The second-order valence-electron chi connectivity index (χ2n) is 12.6. The molecule has 0 saturated carbocycles. The maximum Gasteiger partial charge on any atom is 0.306 e. The summed E-state index contributed by atoms with van der Waals surface area (Å²) >= 11 is 0. The van der Waals surface area contributed by atoms with Crippen LogP contribution in [0.5, 0.6) is 0 Å². The number of unbranched alkanes of at least 4 members (excludes halogenated alkanes) is 17. The molecule has 0 aliphatic rings. The van der Waals surface area contributed by atoms with Crippen molar-refractivity contribution < 1.29 is 19.4 Å². The van der Waals surface area contributed by atoms with Crippen LogP contribution in [0.25, 0.3) is 0 Å². The predicted molar refractivity (Wildman–Crippen MR) is 200 cm³/mol. The van der Waals surface area contributed by atoms with Gasteiger partial charge in [-0.3, -0.25) is 4.79 Å². The minimum absolute atomic E-state index is 0.202. The molecule has 4 heteroatoms. The molecule has 0 aromatic carbocycles. The number of hydrogen-bond donors (Lipinski definition) is 1. The van der Waals surface area contributed by atoms with Gasteiger partial charge in [0.05, 0.1) is 19.8 Å². The van der Waals surface area contributed by atoms with E-state index in [1.807, 2.05) is 0 Å². The first kappa shape index (κ1) is 44.1. The maximum atomic E-state index is 12.2. The predicted octanol–water partition coefficient (Wildman–Crippen LogP) is 12.5. The zero-order valence-electron chi connectivity index (χ0n) is 30.3. The lowest BCUT2D eigenvalue weighted by molar-refractivity contribution is -0.154. The standard InChI is InChI=1S/C42H74O4/c1-3-5-7-9-11-13-15-17-19-21-22-23-25-27-29-31-33-35-37-42(44)46-41(39-43)40-45-38-36-34-32-30-28-26-24-20-18-16-14-12-10-8-6-4-2/h6,8,12,14,18,20,26,28,32,34,41,43H,3-5,7,9-11,13,15-17,19,21-25,27,29-31,33,35-40H2,1-2H3/b8-6-,14-12-,20-18-,28-26-,34-32-. The van der Waals surface area contributed by atoms with E-state index in [4.69, 9.17) is 9.47 Å². The Labute approximate surface area is 285 Å². The van der Waals surface area contributed by atoms with E-state index in [9.17, 15) is 9.90 Å². The monoisotopic (exact) mass is 643 g/mol. The summed E-state index contributed by atoms with van der Waals surface area (Å²) in [6, 6.07) is 0. The molecule has 0 saturated heterocycles. The molecule has 0 aromatic heterocycles. The fraction of sp³-hybridized carbons (Fsp3) is 0.738. The van der Waals surface area contributed by atoms with Crippen LogP contribution in [0.4, 0.5) is 0 Å². The van der Waals surface area contributed by atoms with Crippen LogP contribution in [0.2, 0.25) is 0 Å².